The molecule has 1 aromatic heterocycles. The zero-order valence-electron chi connectivity index (χ0n) is 15.4. The second kappa shape index (κ2) is 6.97. The third-order valence-corrected chi connectivity index (χ3v) is 4.56. The molecule has 0 unspecified atom stereocenters. The van der Waals surface area contributed by atoms with E-state index < -0.39 is 11.6 Å². The zero-order valence-corrected chi connectivity index (χ0v) is 15.4. The van der Waals surface area contributed by atoms with Crippen LogP contribution in [-0.4, -0.2) is 50.5 Å². The highest BCUT2D eigenvalue weighted by Crippen LogP contribution is 2.24. The van der Waals surface area contributed by atoms with E-state index in [1.807, 2.05) is 39.0 Å². The molecule has 26 heavy (non-hydrogen) atoms. The van der Waals surface area contributed by atoms with Crippen LogP contribution in [0.25, 0.3) is 10.9 Å². The average molecular weight is 359 g/mol. The van der Waals surface area contributed by atoms with Crippen LogP contribution >= 0.6 is 0 Å². The van der Waals surface area contributed by atoms with E-state index in [0.29, 0.717) is 30.9 Å². The van der Waals surface area contributed by atoms with Crippen molar-refractivity contribution in [3.8, 4) is 0 Å². The van der Waals surface area contributed by atoms with Gasteiger partial charge >= 0.3 is 12.1 Å². The topological polar surface area (TPSA) is 84.7 Å². The van der Waals surface area contributed by atoms with Crippen molar-refractivity contribution in [1.82, 2.24) is 14.7 Å². The van der Waals surface area contributed by atoms with Gasteiger partial charge in [0.05, 0.1) is 5.52 Å². The molecular formula is C19H25N3O4. The van der Waals surface area contributed by atoms with Crippen molar-refractivity contribution in [2.24, 2.45) is 5.92 Å². The van der Waals surface area contributed by atoms with Crippen LogP contribution in [0.2, 0.25) is 0 Å². The number of aromatic carboxylic acids is 1. The first-order valence-electron chi connectivity index (χ1n) is 8.91. The number of para-hydroxylation sites is 1. The molecule has 0 radical (unpaired) electrons. The van der Waals surface area contributed by atoms with Crippen molar-refractivity contribution in [1.29, 1.82) is 0 Å². The van der Waals surface area contributed by atoms with Crippen molar-refractivity contribution < 1.29 is 19.4 Å². The number of piperidine rings is 1. The zero-order chi connectivity index (χ0) is 18.9. The van der Waals surface area contributed by atoms with Crippen LogP contribution in [0.5, 0.6) is 0 Å². The number of hydrogen-bond donors (Lipinski definition) is 1. The van der Waals surface area contributed by atoms with Gasteiger partial charge in [0.25, 0.3) is 0 Å². The number of nitrogens with zero attached hydrogens (tertiary/aromatic N) is 3. The van der Waals surface area contributed by atoms with Gasteiger partial charge in [-0.2, -0.15) is 5.10 Å². The Labute approximate surface area is 152 Å². The largest absolute Gasteiger partial charge is 0.476 e. The summed E-state index contributed by atoms with van der Waals surface area (Å²) in [6.07, 6.45) is 1.42. The molecule has 1 aromatic carbocycles. The second-order valence-corrected chi connectivity index (χ2v) is 7.76. The minimum absolute atomic E-state index is 0.0896. The number of carbonyl (C=O) groups is 2. The third-order valence-electron chi connectivity index (χ3n) is 4.56. The summed E-state index contributed by atoms with van der Waals surface area (Å²) in [6, 6.07) is 7.38. The number of carbonyl (C=O) groups excluding carboxylic acids is 1. The van der Waals surface area contributed by atoms with Gasteiger partial charge in [-0.05, 0) is 45.6 Å². The first kappa shape index (κ1) is 18.2. The number of aromatic nitrogens is 2. The van der Waals surface area contributed by atoms with Gasteiger partial charge < -0.3 is 14.7 Å². The molecule has 0 bridgehead atoms. The summed E-state index contributed by atoms with van der Waals surface area (Å²) < 4.78 is 7.21. The van der Waals surface area contributed by atoms with Crippen LogP contribution < -0.4 is 0 Å². The van der Waals surface area contributed by atoms with Gasteiger partial charge in [0.15, 0.2) is 5.69 Å². The number of hydrogen-bond acceptors (Lipinski definition) is 4. The van der Waals surface area contributed by atoms with Gasteiger partial charge in [-0.3, -0.25) is 4.68 Å². The number of likely N-dealkylation sites (tertiary alicyclic amines) is 1. The standard InChI is InChI=1S/C19H25N3O4/c1-19(2,3)26-18(25)21-10-8-13(9-11-21)12-22-15-7-5-4-6-14(15)16(20-22)17(23)24/h4-7,13H,8-12H2,1-3H3,(H,23,24). The highest BCUT2D eigenvalue weighted by Gasteiger charge is 2.27. The maximum atomic E-state index is 12.2. The molecule has 140 valence electrons. The molecule has 7 heteroatoms. The van der Waals surface area contributed by atoms with Crippen molar-refractivity contribution >= 4 is 23.0 Å². The van der Waals surface area contributed by atoms with Crippen molar-refractivity contribution in [2.45, 2.75) is 45.8 Å². The van der Waals surface area contributed by atoms with Gasteiger partial charge in [-0.25, -0.2) is 9.59 Å². The smallest absolute Gasteiger partial charge is 0.410 e. The SMILES string of the molecule is CC(C)(C)OC(=O)N1CCC(Cn2nc(C(=O)O)c3ccccc32)CC1. The summed E-state index contributed by atoms with van der Waals surface area (Å²) in [5.74, 6) is -0.668. The minimum Gasteiger partial charge on any atom is -0.476 e. The Hall–Kier alpha value is -2.57. The highest BCUT2D eigenvalue weighted by molar-refractivity contribution is 6.01. The third kappa shape index (κ3) is 3.98. The van der Waals surface area contributed by atoms with E-state index in [0.717, 1.165) is 18.4 Å². The lowest BCUT2D eigenvalue weighted by Gasteiger charge is -2.33. The van der Waals surface area contributed by atoms with Gasteiger partial charge in [0.2, 0.25) is 0 Å². The molecule has 0 spiro atoms. The summed E-state index contributed by atoms with van der Waals surface area (Å²) >= 11 is 0. The van der Waals surface area contributed by atoms with E-state index in [-0.39, 0.29) is 11.8 Å². The molecule has 1 aliphatic rings. The Morgan fingerprint density at radius 2 is 1.88 bits per heavy atom. The Balaban J connectivity index is 1.66. The van der Waals surface area contributed by atoms with Crippen molar-refractivity contribution in [2.75, 3.05) is 13.1 Å². The average Bonchev–Trinajstić information content (AvgIpc) is 2.93. The second-order valence-electron chi connectivity index (χ2n) is 7.76. The first-order chi connectivity index (χ1) is 12.2. The fourth-order valence-corrected chi connectivity index (χ4v) is 3.29. The van der Waals surface area contributed by atoms with E-state index in [1.165, 1.54) is 0 Å². The molecule has 1 N–H and O–H groups in total. The number of carboxylic acids is 1. The maximum absolute atomic E-state index is 12.2. The molecule has 1 amide bonds. The van der Waals surface area contributed by atoms with Crippen molar-refractivity contribution in [3.63, 3.8) is 0 Å². The lowest BCUT2D eigenvalue weighted by molar-refractivity contribution is 0.0177. The van der Waals surface area contributed by atoms with Crippen LogP contribution in [0.15, 0.2) is 24.3 Å². The number of ether oxygens (including phenoxy) is 1. The lowest BCUT2D eigenvalue weighted by Crippen LogP contribution is -2.42. The Morgan fingerprint density at radius 1 is 1.23 bits per heavy atom. The van der Waals surface area contributed by atoms with E-state index in [1.54, 1.807) is 15.6 Å². The summed E-state index contributed by atoms with van der Waals surface area (Å²) in [4.78, 5) is 25.3. The van der Waals surface area contributed by atoms with Gasteiger partial charge in [0, 0.05) is 25.0 Å². The molecule has 2 aromatic rings. The molecule has 7 nitrogen and oxygen atoms in total. The van der Waals surface area contributed by atoms with E-state index in [4.69, 9.17) is 4.74 Å². The predicted molar refractivity (Wildman–Crippen MR) is 97.2 cm³/mol. The molecular weight excluding hydrogens is 334 g/mol. The molecule has 1 fully saturated rings. The Kier molecular flexibility index (Phi) is 4.89. The van der Waals surface area contributed by atoms with Gasteiger partial charge in [-0.15, -0.1) is 0 Å². The van der Waals surface area contributed by atoms with Crippen LogP contribution in [0, 0.1) is 5.92 Å². The number of fused-ring (bicyclic) bond motifs is 1. The van der Waals surface area contributed by atoms with Crippen LogP contribution in [-0.2, 0) is 11.3 Å². The van der Waals surface area contributed by atoms with Crippen LogP contribution in [0.4, 0.5) is 4.79 Å². The molecule has 0 atom stereocenters. The molecule has 2 heterocycles. The molecule has 1 saturated heterocycles. The van der Waals surface area contributed by atoms with Gasteiger partial charge in [0.1, 0.15) is 5.60 Å². The number of carboxylic acid groups (broad SMARTS) is 1. The summed E-state index contributed by atoms with van der Waals surface area (Å²) in [6.45, 7) is 7.52. The maximum Gasteiger partial charge on any atom is 0.410 e. The minimum atomic E-state index is -1.01. The first-order valence-corrected chi connectivity index (χ1v) is 8.91. The Bertz CT molecular complexity index is 814. The highest BCUT2D eigenvalue weighted by atomic mass is 16.6. The normalized spacial score (nSPS) is 16.0. The predicted octanol–water partition coefficient (Wildman–Crippen LogP) is 3.38. The fraction of sp³-hybridized carbons (Fsp3) is 0.526. The quantitative estimate of drug-likeness (QED) is 0.908. The Morgan fingerprint density at radius 3 is 2.50 bits per heavy atom. The molecule has 0 saturated carbocycles. The monoisotopic (exact) mass is 359 g/mol. The molecule has 1 aliphatic heterocycles. The summed E-state index contributed by atoms with van der Waals surface area (Å²) in [5, 5.41) is 14.3. The fourth-order valence-electron chi connectivity index (χ4n) is 3.29. The summed E-state index contributed by atoms with van der Waals surface area (Å²) in [7, 11) is 0. The molecule has 3 rings (SSSR count). The number of rotatable bonds is 3. The van der Waals surface area contributed by atoms with E-state index in [9.17, 15) is 14.7 Å². The summed E-state index contributed by atoms with van der Waals surface area (Å²) in [5.41, 5.74) is 0.432. The lowest BCUT2D eigenvalue weighted by atomic mass is 9.97. The van der Waals surface area contributed by atoms with Crippen LogP contribution in [0.1, 0.15) is 44.1 Å². The number of benzene rings is 1. The van der Waals surface area contributed by atoms with Crippen LogP contribution in [0.3, 0.4) is 0 Å². The van der Waals surface area contributed by atoms with E-state index >= 15 is 0 Å². The van der Waals surface area contributed by atoms with Gasteiger partial charge in [-0.1, -0.05) is 18.2 Å². The van der Waals surface area contributed by atoms with Crippen molar-refractivity contribution in [3.05, 3.63) is 30.0 Å². The number of amides is 1. The molecule has 0 aliphatic carbocycles. The van der Waals surface area contributed by atoms with E-state index in [2.05, 4.69) is 5.10 Å².